The van der Waals surface area contributed by atoms with Gasteiger partial charge >= 0.3 is 0 Å². The van der Waals surface area contributed by atoms with Gasteiger partial charge in [0.2, 0.25) is 5.88 Å². The molecule has 0 saturated heterocycles. The second-order valence-corrected chi connectivity index (χ2v) is 8.49. The molecule has 1 atom stereocenters. The summed E-state index contributed by atoms with van der Waals surface area (Å²) in [4.78, 5) is 25.0. The van der Waals surface area contributed by atoms with Crippen LogP contribution in [-0.2, 0) is 24.3 Å². The number of aryl methyl sites for hydroxylation is 2. The van der Waals surface area contributed by atoms with Crippen molar-refractivity contribution in [3.63, 3.8) is 0 Å². The number of aromatic nitrogens is 5. The molecule has 3 rings (SSSR count). The zero-order valence-corrected chi connectivity index (χ0v) is 17.6. The number of hydrogen-bond donors (Lipinski definition) is 1. The zero-order valence-electron chi connectivity index (χ0n) is 16.8. The average molecular weight is 404 g/mol. The second kappa shape index (κ2) is 8.22. The SMILES string of the molecule is CCCc1c2nc(-c3cc(S(C)=O)cnc3OCC(C)C)[nH]c(=O)c2nn1C. The maximum absolute atomic E-state index is 12.6. The van der Waals surface area contributed by atoms with Crippen molar-refractivity contribution < 1.29 is 8.95 Å². The lowest BCUT2D eigenvalue weighted by molar-refractivity contribution is 0.262. The highest BCUT2D eigenvalue weighted by Crippen LogP contribution is 2.28. The molecule has 9 heteroatoms. The highest BCUT2D eigenvalue weighted by molar-refractivity contribution is 7.84. The maximum atomic E-state index is 12.6. The Kier molecular flexibility index (Phi) is 5.93. The van der Waals surface area contributed by atoms with E-state index in [0.717, 1.165) is 18.5 Å². The molecule has 0 fully saturated rings. The molecule has 1 N–H and O–H groups in total. The van der Waals surface area contributed by atoms with Gasteiger partial charge in [-0.1, -0.05) is 27.2 Å². The standard InChI is InChI=1S/C19H25N5O3S/c1-6-7-14-15-16(23-24(14)4)18(25)22-17(21-15)13-8-12(28(5)26)9-20-19(13)27-10-11(2)3/h8-9,11H,6-7,10H2,1-5H3,(H,21,22,25). The zero-order chi connectivity index (χ0) is 20.4. The van der Waals surface area contributed by atoms with Crippen molar-refractivity contribution in [3.8, 4) is 17.3 Å². The van der Waals surface area contributed by atoms with Crippen LogP contribution in [0.5, 0.6) is 5.88 Å². The van der Waals surface area contributed by atoms with Crippen molar-refractivity contribution in [3.05, 3.63) is 28.3 Å². The van der Waals surface area contributed by atoms with Crippen LogP contribution in [0.4, 0.5) is 0 Å². The Bertz CT molecular complexity index is 1090. The van der Waals surface area contributed by atoms with Crippen molar-refractivity contribution in [2.24, 2.45) is 13.0 Å². The lowest BCUT2D eigenvalue weighted by atomic mass is 10.2. The number of pyridine rings is 1. The predicted octanol–water partition coefficient (Wildman–Crippen LogP) is 2.44. The van der Waals surface area contributed by atoms with Crippen molar-refractivity contribution in [1.82, 2.24) is 24.7 Å². The Hall–Kier alpha value is -2.55. The summed E-state index contributed by atoms with van der Waals surface area (Å²) in [6, 6.07) is 1.71. The Morgan fingerprint density at radius 2 is 2.07 bits per heavy atom. The number of nitrogens with one attached hydrogen (secondary N) is 1. The van der Waals surface area contributed by atoms with Gasteiger partial charge in [-0.05, 0) is 18.4 Å². The van der Waals surface area contributed by atoms with Crippen molar-refractivity contribution in [2.75, 3.05) is 12.9 Å². The fourth-order valence-corrected chi connectivity index (χ4v) is 3.37. The van der Waals surface area contributed by atoms with Gasteiger partial charge in [0.05, 0.1) is 33.6 Å². The quantitative estimate of drug-likeness (QED) is 0.650. The third-order valence-corrected chi connectivity index (χ3v) is 5.15. The van der Waals surface area contributed by atoms with Gasteiger partial charge in [-0.3, -0.25) is 13.7 Å². The molecule has 0 aliphatic carbocycles. The fraction of sp³-hybridized carbons (Fsp3) is 0.474. The Morgan fingerprint density at radius 3 is 2.71 bits per heavy atom. The van der Waals surface area contributed by atoms with Crippen LogP contribution in [0.1, 0.15) is 32.9 Å². The summed E-state index contributed by atoms with van der Waals surface area (Å²) in [5.74, 6) is 0.992. The van der Waals surface area contributed by atoms with Crippen molar-refractivity contribution >= 4 is 21.8 Å². The molecule has 3 heterocycles. The summed E-state index contributed by atoms with van der Waals surface area (Å²) in [6.07, 6.45) is 4.78. The molecule has 1 unspecified atom stereocenters. The van der Waals surface area contributed by atoms with E-state index in [1.54, 1.807) is 17.0 Å². The minimum Gasteiger partial charge on any atom is -0.477 e. The number of fused-ring (bicyclic) bond motifs is 1. The van der Waals surface area contributed by atoms with E-state index < -0.39 is 10.8 Å². The minimum absolute atomic E-state index is 0.304. The molecular weight excluding hydrogens is 378 g/mol. The van der Waals surface area contributed by atoms with Crippen molar-refractivity contribution in [1.29, 1.82) is 0 Å². The smallest absolute Gasteiger partial charge is 0.279 e. The van der Waals surface area contributed by atoms with Gasteiger partial charge in [-0.15, -0.1) is 0 Å². The molecule has 0 aromatic carbocycles. The number of ether oxygens (including phenoxy) is 1. The van der Waals surface area contributed by atoms with E-state index in [-0.39, 0.29) is 5.56 Å². The van der Waals surface area contributed by atoms with E-state index in [0.29, 0.717) is 45.7 Å². The number of nitrogens with zero attached hydrogens (tertiary/aromatic N) is 4. The molecule has 0 aliphatic rings. The van der Waals surface area contributed by atoms with Gasteiger partial charge in [0.25, 0.3) is 5.56 Å². The van der Waals surface area contributed by atoms with E-state index in [9.17, 15) is 9.00 Å². The molecule has 0 saturated carbocycles. The molecule has 0 amide bonds. The number of aromatic amines is 1. The van der Waals surface area contributed by atoms with Crippen LogP contribution in [0.2, 0.25) is 0 Å². The summed E-state index contributed by atoms with van der Waals surface area (Å²) >= 11 is 0. The van der Waals surface area contributed by atoms with Crippen LogP contribution in [-0.4, -0.2) is 41.8 Å². The number of H-pyrrole nitrogens is 1. The highest BCUT2D eigenvalue weighted by Gasteiger charge is 2.19. The first-order valence-electron chi connectivity index (χ1n) is 9.24. The van der Waals surface area contributed by atoms with E-state index in [2.05, 4.69) is 27.0 Å². The Morgan fingerprint density at radius 1 is 1.32 bits per heavy atom. The van der Waals surface area contributed by atoms with E-state index in [1.807, 2.05) is 20.9 Å². The van der Waals surface area contributed by atoms with E-state index in [4.69, 9.17) is 4.74 Å². The first kappa shape index (κ1) is 20.2. The molecule has 0 bridgehead atoms. The van der Waals surface area contributed by atoms with Crippen LogP contribution in [0.15, 0.2) is 22.0 Å². The second-order valence-electron chi connectivity index (χ2n) is 7.11. The molecular formula is C19H25N5O3S. The van der Waals surface area contributed by atoms with E-state index >= 15 is 0 Å². The van der Waals surface area contributed by atoms with Crippen LogP contribution >= 0.6 is 0 Å². The van der Waals surface area contributed by atoms with Gasteiger partial charge < -0.3 is 9.72 Å². The number of rotatable bonds is 7. The highest BCUT2D eigenvalue weighted by atomic mass is 32.2. The average Bonchev–Trinajstić information content (AvgIpc) is 2.96. The Balaban J connectivity index is 2.22. The summed E-state index contributed by atoms with van der Waals surface area (Å²) in [5, 5.41) is 4.31. The summed E-state index contributed by atoms with van der Waals surface area (Å²) in [5.41, 5.74) is 1.97. The molecule has 0 radical (unpaired) electrons. The summed E-state index contributed by atoms with van der Waals surface area (Å²) in [7, 11) is 0.587. The maximum Gasteiger partial charge on any atom is 0.279 e. The third-order valence-electron chi connectivity index (χ3n) is 4.26. The number of hydrogen-bond acceptors (Lipinski definition) is 6. The predicted molar refractivity (Wildman–Crippen MR) is 109 cm³/mol. The Labute approximate surface area is 165 Å². The largest absolute Gasteiger partial charge is 0.477 e. The summed E-state index contributed by atoms with van der Waals surface area (Å²) in [6.45, 7) is 6.60. The lowest BCUT2D eigenvalue weighted by Crippen LogP contribution is -2.12. The fourth-order valence-electron chi connectivity index (χ4n) is 2.89. The molecule has 8 nitrogen and oxygen atoms in total. The normalized spacial score (nSPS) is 12.6. The monoisotopic (exact) mass is 403 g/mol. The van der Waals surface area contributed by atoms with E-state index in [1.165, 1.54) is 6.20 Å². The third kappa shape index (κ3) is 3.99. The van der Waals surface area contributed by atoms with Gasteiger partial charge in [-0.25, -0.2) is 9.97 Å². The molecule has 3 aromatic rings. The molecule has 0 spiro atoms. The van der Waals surface area contributed by atoms with Gasteiger partial charge in [0.1, 0.15) is 11.3 Å². The van der Waals surface area contributed by atoms with Gasteiger partial charge in [0.15, 0.2) is 5.52 Å². The molecule has 3 aromatic heterocycles. The van der Waals surface area contributed by atoms with Gasteiger partial charge in [0, 0.05) is 19.5 Å². The molecule has 28 heavy (non-hydrogen) atoms. The van der Waals surface area contributed by atoms with Crippen molar-refractivity contribution in [2.45, 2.75) is 38.5 Å². The van der Waals surface area contributed by atoms with Gasteiger partial charge in [-0.2, -0.15) is 5.10 Å². The molecule has 0 aliphatic heterocycles. The topological polar surface area (TPSA) is 103 Å². The van der Waals surface area contributed by atoms with Crippen LogP contribution < -0.4 is 10.3 Å². The summed E-state index contributed by atoms with van der Waals surface area (Å²) < 4.78 is 19.5. The van der Waals surface area contributed by atoms with Crippen LogP contribution in [0.3, 0.4) is 0 Å². The minimum atomic E-state index is -1.22. The first-order valence-corrected chi connectivity index (χ1v) is 10.8. The van der Waals surface area contributed by atoms with Crippen LogP contribution in [0, 0.1) is 5.92 Å². The van der Waals surface area contributed by atoms with Crippen LogP contribution in [0.25, 0.3) is 22.4 Å². The molecule has 150 valence electrons. The first-order chi connectivity index (χ1) is 13.3. The lowest BCUT2D eigenvalue weighted by Gasteiger charge is -2.12.